The summed E-state index contributed by atoms with van der Waals surface area (Å²) >= 11 is 1.62. The number of amides is 2. The number of nitrogens with one attached hydrogen (secondary N) is 2. The number of aromatic nitrogens is 3. The zero-order chi connectivity index (χ0) is 32.2. The normalized spacial score (nSPS) is 19.7. The number of carbonyl (C=O) groups is 2. The summed E-state index contributed by atoms with van der Waals surface area (Å²) in [6.45, 7) is 3.95. The van der Waals surface area contributed by atoms with Gasteiger partial charge in [-0.1, -0.05) is 12.1 Å². The number of hydrogen-bond donors (Lipinski definition) is 2. The molecule has 2 atom stereocenters. The molecule has 0 spiro atoms. The number of H-pyrrole nitrogens is 1. The second kappa shape index (κ2) is 11.7. The number of carbonyl (C=O) groups excluding carboxylic acids is 2. The molecule has 9 nitrogen and oxygen atoms in total. The minimum atomic E-state index is -1.40. The molecule has 46 heavy (non-hydrogen) atoms. The lowest BCUT2D eigenvalue weighted by molar-refractivity contribution is -0.151. The lowest BCUT2D eigenvalue weighted by Gasteiger charge is -2.47. The summed E-state index contributed by atoms with van der Waals surface area (Å²) in [6, 6.07) is 15.2. The molecule has 0 radical (unpaired) electrons. The molecule has 2 aromatic heterocycles. The maximum absolute atomic E-state index is 15.0. The van der Waals surface area contributed by atoms with E-state index in [9.17, 15) is 18.4 Å². The van der Waals surface area contributed by atoms with Crippen molar-refractivity contribution >= 4 is 44.3 Å². The molecule has 0 saturated carbocycles. The van der Waals surface area contributed by atoms with Gasteiger partial charge in [-0.15, -0.1) is 11.3 Å². The van der Waals surface area contributed by atoms with E-state index in [-0.39, 0.29) is 37.5 Å². The molecule has 238 valence electrons. The van der Waals surface area contributed by atoms with Gasteiger partial charge in [-0.05, 0) is 69.2 Å². The Bertz CT molecular complexity index is 1970. The monoisotopic (exact) mass is 644 g/mol. The van der Waals surface area contributed by atoms with Crippen molar-refractivity contribution in [3.8, 4) is 17.0 Å². The van der Waals surface area contributed by atoms with Crippen LogP contribution in [0.15, 0.2) is 54.6 Å². The lowest BCUT2D eigenvalue weighted by Crippen LogP contribution is -2.64. The van der Waals surface area contributed by atoms with Gasteiger partial charge in [0.15, 0.2) is 0 Å². The first-order chi connectivity index (χ1) is 22.1. The molecule has 2 aliphatic rings. The van der Waals surface area contributed by atoms with Crippen LogP contribution in [-0.2, 0) is 11.3 Å². The van der Waals surface area contributed by atoms with E-state index in [0.29, 0.717) is 36.3 Å². The Morgan fingerprint density at radius 1 is 1.15 bits per heavy atom. The van der Waals surface area contributed by atoms with Crippen molar-refractivity contribution in [2.24, 2.45) is 0 Å². The van der Waals surface area contributed by atoms with Crippen LogP contribution in [0.3, 0.4) is 0 Å². The van der Waals surface area contributed by atoms with Crippen LogP contribution in [0.4, 0.5) is 8.78 Å². The first kappa shape index (κ1) is 30.2. The molecule has 2 aliphatic heterocycles. The second-order valence-electron chi connectivity index (χ2n) is 12.5. The van der Waals surface area contributed by atoms with Crippen LogP contribution < -0.4 is 10.1 Å². The van der Waals surface area contributed by atoms with Crippen LogP contribution in [0.25, 0.3) is 32.4 Å². The van der Waals surface area contributed by atoms with Crippen molar-refractivity contribution in [3.05, 3.63) is 76.5 Å². The van der Waals surface area contributed by atoms with Crippen molar-refractivity contribution in [1.82, 2.24) is 30.3 Å². The fourth-order valence-electron chi connectivity index (χ4n) is 6.65. The van der Waals surface area contributed by atoms with E-state index in [1.165, 1.54) is 25.0 Å². The van der Waals surface area contributed by atoms with E-state index >= 15 is 0 Å². The molecular weight excluding hydrogens is 610 g/mol. The molecule has 2 N–H and O–H groups in total. The Morgan fingerprint density at radius 3 is 2.76 bits per heavy atom. The van der Waals surface area contributed by atoms with Gasteiger partial charge in [0.1, 0.15) is 17.2 Å². The van der Waals surface area contributed by atoms with Crippen molar-refractivity contribution < 1.29 is 23.1 Å². The third-order valence-electron chi connectivity index (χ3n) is 8.91. The van der Waals surface area contributed by atoms with Crippen LogP contribution in [0.2, 0.25) is 0 Å². The van der Waals surface area contributed by atoms with E-state index in [2.05, 4.69) is 26.6 Å². The predicted octanol–water partition coefficient (Wildman–Crippen LogP) is 5.63. The molecule has 0 bridgehead atoms. The van der Waals surface area contributed by atoms with Crippen LogP contribution >= 0.6 is 11.3 Å². The number of likely N-dealkylation sites (tertiary alicyclic amines) is 2. The number of fused-ring (bicyclic) bond motifs is 2. The van der Waals surface area contributed by atoms with Gasteiger partial charge in [0.2, 0.25) is 5.91 Å². The number of alkyl halides is 1. The fourth-order valence-corrected chi connectivity index (χ4v) is 7.52. The number of methoxy groups -OCH3 is 1. The van der Waals surface area contributed by atoms with Crippen LogP contribution in [0.1, 0.15) is 40.7 Å². The number of rotatable bonds is 7. The number of piperidine rings is 1. The third-order valence-corrected chi connectivity index (χ3v) is 9.84. The Labute approximate surface area is 268 Å². The maximum atomic E-state index is 15.0. The summed E-state index contributed by atoms with van der Waals surface area (Å²) in [5, 5.41) is 12.6. The van der Waals surface area contributed by atoms with E-state index in [1.807, 2.05) is 36.1 Å². The zero-order valence-corrected chi connectivity index (χ0v) is 26.6. The molecule has 2 amide bonds. The predicted molar refractivity (Wildman–Crippen MR) is 173 cm³/mol. The summed E-state index contributed by atoms with van der Waals surface area (Å²) in [7, 11) is 1.48. The van der Waals surface area contributed by atoms with Gasteiger partial charge >= 0.3 is 0 Å². The standard InChI is InChI=1S/C34H34F2N6O3S/c1-19-37-27-11-7-20(14-30(27)46-19)31-23-13-21(8-10-26(23)39-40-31)32(43)38-22-9-12-28(33(44)42-17-34(2,36)18-42)41(15-22)16-24-25(35)5-4-6-29(24)45-3/h4-8,10-11,13-14,22,28H,9,12,15-18H2,1-3H3,(H,38,43)(H,39,40)/t22-,28+/m1/s1. The smallest absolute Gasteiger partial charge is 0.251 e. The Balaban J connectivity index is 1.12. The molecule has 2 saturated heterocycles. The van der Waals surface area contributed by atoms with Crippen molar-refractivity contribution in [1.29, 1.82) is 0 Å². The lowest BCUT2D eigenvalue weighted by atomic mass is 9.92. The highest BCUT2D eigenvalue weighted by molar-refractivity contribution is 7.18. The van der Waals surface area contributed by atoms with E-state index in [0.717, 1.165) is 37.4 Å². The minimum absolute atomic E-state index is 0.0372. The van der Waals surface area contributed by atoms with Gasteiger partial charge < -0.3 is 15.0 Å². The summed E-state index contributed by atoms with van der Waals surface area (Å²) in [4.78, 5) is 35.0. The summed E-state index contributed by atoms with van der Waals surface area (Å²) in [5.41, 5.74) is 2.84. The summed E-state index contributed by atoms with van der Waals surface area (Å²) in [5.74, 6) is -0.492. The topological polar surface area (TPSA) is 103 Å². The van der Waals surface area contributed by atoms with E-state index < -0.39 is 17.5 Å². The summed E-state index contributed by atoms with van der Waals surface area (Å²) < 4.78 is 35.8. The van der Waals surface area contributed by atoms with Gasteiger partial charge in [-0.25, -0.2) is 13.8 Å². The number of aromatic amines is 1. The molecule has 7 rings (SSSR count). The number of ether oxygens (including phenoxy) is 1. The quantitative estimate of drug-likeness (QED) is 0.238. The second-order valence-corrected chi connectivity index (χ2v) is 13.7. The van der Waals surface area contributed by atoms with Gasteiger partial charge in [0, 0.05) is 41.2 Å². The SMILES string of the molecule is COc1cccc(F)c1CN1C[C@H](NC(=O)c2ccc3[nH]nc(-c4ccc5nc(C)sc5c4)c3c2)CC[C@H]1C(=O)N1CC(C)(F)C1. The average molecular weight is 645 g/mol. The van der Waals surface area contributed by atoms with Gasteiger partial charge in [0.05, 0.1) is 52.7 Å². The highest BCUT2D eigenvalue weighted by Gasteiger charge is 2.45. The van der Waals surface area contributed by atoms with Gasteiger partial charge in [0.25, 0.3) is 5.91 Å². The zero-order valence-electron chi connectivity index (χ0n) is 25.8. The number of halogens is 2. The molecule has 12 heteroatoms. The molecule has 0 aliphatic carbocycles. The minimum Gasteiger partial charge on any atom is -0.496 e. The summed E-state index contributed by atoms with van der Waals surface area (Å²) in [6.07, 6.45) is 0.978. The number of thiazole rings is 1. The van der Waals surface area contributed by atoms with Crippen LogP contribution in [0, 0.1) is 12.7 Å². The number of aryl methyl sites for hydroxylation is 1. The number of nitrogens with zero attached hydrogens (tertiary/aromatic N) is 4. The Morgan fingerprint density at radius 2 is 1.98 bits per heavy atom. The average Bonchev–Trinajstić information content (AvgIpc) is 3.62. The molecular formula is C34H34F2N6O3S. The molecule has 4 heterocycles. The van der Waals surface area contributed by atoms with Crippen molar-refractivity contribution in [2.45, 2.75) is 51.0 Å². The van der Waals surface area contributed by atoms with E-state index in [4.69, 9.17) is 4.74 Å². The highest BCUT2D eigenvalue weighted by Crippen LogP contribution is 2.33. The third kappa shape index (κ3) is 5.71. The fraction of sp³-hybridized carbons (Fsp3) is 0.353. The Hall–Kier alpha value is -4.42. The van der Waals surface area contributed by atoms with Gasteiger partial charge in [-0.3, -0.25) is 19.6 Å². The molecule has 3 aromatic carbocycles. The Kier molecular flexibility index (Phi) is 7.72. The van der Waals surface area contributed by atoms with Crippen LogP contribution in [-0.4, -0.2) is 81.3 Å². The largest absolute Gasteiger partial charge is 0.496 e. The van der Waals surface area contributed by atoms with Crippen molar-refractivity contribution in [3.63, 3.8) is 0 Å². The molecule has 0 unspecified atom stereocenters. The highest BCUT2D eigenvalue weighted by atomic mass is 32.1. The van der Waals surface area contributed by atoms with Gasteiger partial charge in [-0.2, -0.15) is 5.10 Å². The molecule has 2 fully saturated rings. The maximum Gasteiger partial charge on any atom is 0.251 e. The number of benzene rings is 3. The van der Waals surface area contributed by atoms with Crippen molar-refractivity contribution in [2.75, 3.05) is 26.7 Å². The first-order valence-electron chi connectivity index (χ1n) is 15.3. The molecule has 5 aromatic rings. The van der Waals surface area contributed by atoms with E-state index in [1.54, 1.807) is 29.5 Å². The van der Waals surface area contributed by atoms with Crippen LogP contribution in [0.5, 0.6) is 5.75 Å². The number of hydrogen-bond acceptors (Lipinski definition) is 7. The first-order valence-corrected chi connectivity index (χ1v) is 16.1.